The molecular formula is C15H23N3O2S2. The molecule has 3 aliphatic rings. The van der Waals surface area contributed by atoms with Crippen LogP contribution in [-0.2, 0) is 9.47 Å². The maximum atomic E-state index is 6.20. The number of ether oxygens (including phenoxy) is 2. The summed E-state index contributed by atoms with van der Waals surface area (Å²) in [6.07, 6.45) is 3.95. The molecule has 0 aliphatic carbocycles. The van der Waals surface area contributed by atoms with Gasteiger partial charge in [-0.15, -0.1) is 22.0 Å². The van der Waals surface area contributed by atoms with Crippen LogP contribution in [0.5, 0.6) is 0 Å². The zero-order valence-electron chi connectivity index (χ0n) is 13.0. The number of aromatic nitrogens is 2. The van der Waals surface area contributed by atoms with Crippen LogP contribution in [0.1, 0.15) is 24.3 Å². The smallest absolute Gasteiger partial charge is 0.208 e. The number of hydrogen-bond donors (Lipinski definition) is 0. The molecule has 0 amide bonds. The monoisotopic (exact) mass is 341 g/mol. The van der Waals surface area contributed by atoms with Crippen molar-refractivity contribution in [2.45, 2.75) is 37.0 Å². The van der Waals surface area contributed by atoms with Crippen molar-refractivity contribution >= 4 is 28.2 Å². The molecule has 7 heteroatoms. The first-order valence-corrected chi connectivity index (χ1v) is 9.91. The average Bonchev–Trinajstić information content (AvgIpc) is 3.11. The molecule has 1 aromatic rings. The fourth-order valence-electron chi connectivity index (χ4n) is 3.51. The number of rotatable bonds is 4. The van der Waals surface area contributed by atoms with E-state index in [9.17, 15) is 0 Å². The molecule has 5 nitrogen and oxygen atoms in total. The van der Waals surface area contributed by atoms with Gasteiger partial charge in [-0.3, -0.25) is 0 Å². The quantitative estimate of drug-likeness (QED) is 0.838. The SMILES string of the molecule is Cc1nnc(N2CC3(C[C@H](OCC4CCOCC4)CS3)C2)s1. The lowest BCUT2D eigenvalue weighted by molar-refractivity contribution is -0.00650. The van der Waals surface area contributed by atoms with Gasteiger partial charge in [0.05, 0.1) is 10.9 Å². The van der Waals surface area contributed by atoms with Crippen LogP contribution < -0.4 is 4.90 Å². The highest BCUT2D eigenvalue weighted by molar-refractivity contribution is 8.01. The average molecular weight is 342 g/mol. The zero-order chi connectivity index (χ0) is 15.0. The Hall–Kier alpha value is -0.370. The second kappa shape index (κ2) is 6.26. The minimum absolute atomic E-state index is 0.403. The van der Waals surface area contributed by atoms with E-state index in [1.165, 1.54) is 6.42 Å². The van der Waals surface area contributed by atoms with Crippen molar-refractivity contribution in [1.29, 1.82) is 0 Å². The van der Waals surface area contributed by atoms with Crippen molar-refractivity contribution < 1.29 is 9.47 Å². The summed E-state index contributed by atoms with van der Waals surface area (Å²) in [4.78, 5) is 2.36. The number of aryl methyl sites for hydroxylation is 1. The molecule has 4 rings (SSSR count). The van der Waals surface area contributed by atoms with Crippen LogP contribution in [0.15, 0.2) is 0 Å². The molecule has 0 aromatic carbocycles. The predicted octanol–water partition coefficient (Wildman–Crippen LogP) is 2.35. The normalized spacial score (nSPS) is 28.2. The van der Waals surface area contributed by atoms with Gasteiger partial charge >= 0.3 is 0 Å². The highest BCUT2D eigenvalue weighted by atomic mass is 32.2. The lowest BCUT2D eigenvalue weighted by Crippen LogP contribution is -2.59. The van der Waals surface area contributed by atoms with Crippen molar-refractivity contribution in [3.8, 4) is 0 Å². The molecule has 0 radical (unpaired) electrons. The third kappa shape index (κ3) is 3.13. The van der Waals surface area contributed by atoms with E-state index in [0.717, 1.165) is 61.6 Å². The second-order valence-electron chi connectivity index (χ2n) is 6.67. The van der Waals surface area contributed by atoms with Gasteiger partial charge in [0.25, 0.3) is 0 Å². The van der Waals surface area contributed by atoms with E-state index >= 15 is 0 Å². The van der Waals surface area contributed by atoms with Crippen LogP contribution in [0, 0.1) is 12.8 Å². The number of anilines is 1. The molecular weight excluding hydrogens is 318 g/mol. The molecule has 3 saturated heterocycles. The predicted molar refractivity (Wildman–Crippen MR) is 89.9 cm³/mol. The van der Waals surface area contributed by atoms with E-state index in [2.05, 4.69) is 26.9 Å². The summed E-state index contributed by atoms with van der Waals surface area (Å²) in [6, 6.07) is 0. The molecule has 0 N–H and O–H groups in total. The lowest BCUT2D eigenvalue weighted by Gasteiger charge is -2.47. The van der Waals surface area contributed by atoms with Crippen LogP contribution in [0.2, 0.25) is 0 Å². The van der Waals surface area contributed by atoms with Gasteiger partial charge in [0, 0.05) is 38.7 Å². The standard InChI is InChI=1S/C15H23N3O2S2/c1-11-16-17-14(22-11)18-9-15(10-18)6-13(8-21-15)20-7-12-2-4-19-5-3-12/h12-13H,2-10H2,1H3/t13-/m0/s1. The maximum Gasteiger partial charge on any atom is 0.208 e. The third-order valence-corrected chi connectivity index (χ3v) is 7.30. The van der Waals surface area contributed by atoms with Crippen molar-refractivity contribution in [2.24, 2.45) is 5.92 Å². The van der Waals surface area contributed by atoms with Gasteiger partial charge in [-0.05, 0) is 32.1 Å². The van der Waals surface area contributed by atoms with E-state index in [-0.39, 0.29) is 0 Å². The van der Waals surface area contributed by atoms with Crippen molar-refractivity contribution in [2.75, 3.05) is 43.6 Å². The molecule has 0 saturated carbocycles. The Balaban J connectivity index is 1.23. The molecule has 1 spiro atoms. The molecule has 1 aromatic heterocycles. The Labute approximate surface area is 139 Å². The van der Waals surface area contributed by atoms with Gasteiger partial charge < -0.3 is 14.4 Å². The number of thioether (sulfide) groups is 1. The van der Waals surface area contributed by atoms with Gasteiger partial charge in [-0.25, -0.2) is 0 Å². The van der Waals surface area contributed by atoms with Crippen LogP contribution in [-0.4, -0.2) is 59.7 Å². The molecule has 122 valence electrons. The minimum atomic E-state index is 0.403. The number of hydrogen-bond acceptors (Lipinski definition) is 7. The van der Waals surface area contributed by atoms with Crippen LogP contribution in [0.25, 0.3) is 0 Å². The maximum absolute atomic E-state index is 6.20. The Kier molecular flexibility index (Phi) is 4.32. The summed E-state index contributed by atoms with van der Waals surface area (Å²) in [6.45, 7) is 6.96. The van der Waals surface area contributed by atoms with E-state index in [1.807, 2.05) is 6.92 Å². The Bertz CT molecular complexity index is 513. The van der Waals surface area contributed by atoms with Gasteiger partial charge in [0.1, 0.15) is 5.01 Å². The van der Waals surface area contributed by atoms with E-state index in [4.69, 9.17) is 9.47 Å². The molecule has 3 aliphatic heterocycles. The lowest BCUT2D eigenvalue weighted by atomic mass is 9.93. The van der Waals surface area contributed by atoms with E-state index in [1.54, 1.807) is 11.3 Å². The summed E-state index contributed by atoms with van der Waals surface area (Å²) in [5.41, 5.74) is 0. The topological polar surface area (TPSA) is 47.5 Å². The van der Waals surface area contributed by atoms with Gasteiger partial charge in [-0.1, -0.05) is 11.3 Å². The molecule has 22 heavy (non-hydrogen) atoms. The Morgan fingerprint density at radius 2 is 2.14 bits per heavy atom. The first kappa shape index (κ1) is 15.2. The zero-order valence-corrected chi connectivity index (χ0v) is 14.6. The third-order valence-electron chi connectivity index (χ3n) is 4.83. The Morgan fingerprint density at radius 3 is 2.86 bits per heavy atom. The summed E-state index contributed by atoms with van der Waals surface area (Å²) >= 11 is 3.79. The van der Waals surface area contributed by atoms with Crippen molar-refractivity contribution in [1.82, 2.24) is 10.2 Å². The van der Waals surface area contributed by atoms with E-state index < -0.39 is 0 Å². The van der Waals surface area contributed by atoms with Crippen molar-refractivity contribution in [3.63, 3.8) is 0 Å². The van der Waals surface area contributed by atoms with Crippen LogP contribution in [0.4, 0.5) is 5.13 Å². The molecule has 0 unspecified atom stereocenters. The first-order valence-electron chi connectivity index (χ1n) is 8.11. The van der Waals surface area contributed by atoms with Gasteiger partial charge in [-0.2, -0.15) is 0 Å². The van der Waals surface area contributed by atoms with Crippen LogP contribution in [0.3, 0.4) is 0 Å². The highest BCUT2D eigenvalue weighted by Gasteiger charge is 2.50. The summed E-state index contributed by atoms with van der Waals surface area (Å²) < 4.78 is 12.0. The van der Waals surface area contributed by atoms with Crippen molar-refractivity contribution in [3.05, 3.63) is 5.01 Å². The fraction of sp³-hybridized carbons (Fsp3) is 0.867. The second-order valence-corrected chi connectivity index (χ2v) is 9.32. The van der Waals surface area contributed by atoms with E-state index in [0.29, 0.717) is 16.8 Å². The first-order chi connectivity index (χ1) is 10.7. The van der Waals surface area contributed by atoms with Gasteiger partial charge in [0.2, 0.25) is 5.13 Å². The molecule has 0 bridgehead atoms. The molecule has 1 atom stereocenters. The summed E-state index contributed by atoms with van der Waals surface area (Å²) in [5.74, 6) is 1.85. The minimum Gasteiger partial charge on any atom is -0.381 e. The fourth-order valence-corrected chi connectivity index (χ4v) is 5.75. The molecule has 3 fully saturated rings. The summed E-state index contributed by atoms with van der Waals surface area (Å²) in [7, 11) is 0. The van der Waals surface area contributed by atoms with Crippen LogP contribution >= 0.6 is 23.1 Å². The Morgan fingerprint density at radius 1 is 1.32 bits per heavy atom. The van der Waals surface area contributed by atoms with Gasteiger partial charge in [0.15, 0.2) is 0 Å². The number of nitrogens with zero attached hydrogens (tertiary/aromatic N) is 3. The highest BCUT2D eigenvalue weighted by Crippen LogP contribution is 2.47. The molecule has 4 heterocycles. The largest absolute Gasteiger partial charge is 0.381 e. The summed E-state index contributed by atoms with van der Waals surface area (Å²) in [5, 5.41) is 10.5.